The Balaban J connectivity index is 3.20. The molecule has 1 aliphatic heterocycles. The minimum atomic E-state index is -1.84. The first-order valence-electron chi connectivity index (χ1n) is 7.77. The zero-order valence-electron chi connectivity index (χ0n) is 15.6. The Morgan fingerprint density at radius 3 is 1.43 bits per heavy atom. The van der Waals surface area contributed by atoms with E-state index in [0.717, 1.165) is 6.17 Å². The van der Waals surface area contributed by atoms with E-state index >= 15 is 0 Å². The van der Waals surface area contributed by atoms with Gasteiger partial charge in [-0.15, -0.1) is 0 Å². The molecule has 0 saturated heterocycles. The van der Waals surface area contributed by atoms with Gasteiger partial charge in [-0.2, -0.15) is 0 Å². The van der Waals surface area contributed by atoms with Crippen LogP contribution in [0.5, 0.6) is 0 Å². The Hall–Kier alpha value is 0.247. The van der Waals surface area contributed by atoms with Crippen molar-refractivity contribution in [2.24, 2.45) is 0 Å². The first-order valence-corrected chi connectivity index (χ1v) is 13.0. The maximum Gasteiger partial charge on any atom is 0.347 e. The Bertz CT molecular complexity index is 377. The fraction of sp³-hybridized carbons (Fsp3) is 0.875. The summed E-state index contributed by atoms with van der Waals surface area (Å²) in [6.07, 6.45) is 5.76. The molecule has 0 aliphatic carbocycles. The molecule has 0 amide bonds. The third-order valence-corrected chi connectivity index (χ3v) is 12.3. The number of hydrogen-bond acceptors (Lipinski definition) is 3. The van der Waals surface area contributed by atoms with Crippen LogP contribution in [0.15, 0.2) is 12.4 Å². The molecule has 0 aromatic rings. The van der Waals surface area contributed by atoms with Crippen molar-refractivity contribution >= 4 is 27.7 Å². The van der Waals surface area contributed by atoms with Gasteiger partial charge in [-0.05, 0) is 69.4 Å². The molecule has 3 nitrogen and oxygen atoms in total. The molecular weight excluding hydrogens is 389 g/mol. The van der Waals surface area contributed by atoms with Crippen LogP contribution in [-0.4, -0.2) is 49.8 Å². The van der Waals surface area contributed by atoms with Crippen LogP contribution in [0.2, 0.25) is 0 Å². The van der Waals surface area contributed by atoms with Gasteiger partial charge in [0.2, 0.25) is 0 Å². The smallest absolute Gasteiger partial charge is 0.347 e. The number of halogens is 1. The van der Waals surface area contributed by atoms with E-state index in [1.807, 2.05) is 0 Å². The van der Waals surface area contributed by atoms with Crippen LogP contribution in [0, 0.1) is 0 Å². The Labute approximate surface area is 146 Å². The van der Waals surface area contributed by atoms with E-state index in [0.29, 0.717) is 0 Å². The second-order valence-corrected chi connectivity index (χ2v) is 17.0. The normalized spacial score (nSPS) is 19.8. The van der Waals surface area contributed by atoms with Gasteiger partial charge in [0.15, 0.2) is 0 Å². The van der Waals surface area contributed by atoms with Gasteiger partial charge in [0, 0.05) is 35.2 Å². The van der Waals surface area contributed by atoms with Crippen LogP contribution in [0.4, 0.5) is 0 Å². The Morgan fingerprint density at radius 2 is 1.19 bits per heavy atom. The van der Waals surface area contributed by atoms with Crippen LogP contribution >= 0.6 is 21.8 Å². The fourth-order valence-corrected chi connectivity index (χ4v) is 13.7. The lowest BCUT2D eigenvalue weighted by Gasteiger charge is -2.52. The molecule has 0 atom stereocenters. The van der Waals surface area contributed by atoms with E-state index in [9.17, 15) is 0 Å². The van der Waals surface area contributed by atoms with Crippen molar-refractivity contribution < 1.29 is 0 Å². The monoisotopic (exact) mass is 423 g/mol. The predicted octanol–water partition coefficient (Wildman–Crippen LogP) is 4.32. The summed E-state index contributed by atoms with van der Waals surface area (Å²) >= 11 is 2.78. The first-order chi connectivity index (χ1) is 9.10. The maximum absolute atomic E-state index is 2.78. The molecule has 0 spiro atoms. The van der Waals surface area contributed by atoms with E-state index in [2.05, 4.69) is 118 Å². The van der Waals surface area contributed by atoms with Gasteiger partial charge in [-0.25, -0.2) is 0 Å². The SMILES string of the molecule is CN(C[Si]1(I)N(C(C)(C)C)C=CN1C(C)(C)C)C(C)(C)C. The van der Waals surface area contributed by atoms with Crippen molar-refractivity contribution in [2.75, 3.05) is 13.2 Å². The highest BCUT2D eigenvalue weighted by molar-refractivity contribution is 14.1. The van der Waals surface area contributed by atoms with Crippen molar-refractivity contribution in [3.63, 3.8) is 0 Å². The van der Waals surface area contributed by atoms with Gasteiger partial charge in [0.05, 0.1) is 0 Å². The highest BCUT2D eigenvalue weighted by atomic mass is 127. The molecule has 21 heavy (non-hydrogen) atoms. The summed E-state index contributed by atoms with van der Waals surface area (Å²) in [7, 11) is 2.26. The number of rotatable bonds is 2. The molecule has 5 heteroatoms. The van der Waals surface area contributed by atoms with Gasteiger partial charge in [-0.1, -0.05) is 21.8 Å². The zero-order chi connectivity index (χ0) is 16.9. The standard InChI is InChI=1S/C16H34IN3Si/c1-14(2,3)18(10)13-21(17)19(15(4,5)6)11-12-20(21)16(7,8)9/h11-12H,13H2,1-10H3. The molecule has 0 aromatic carbocycles. The molecule has 1 aliphatic rings. The lowest BCUT2D eigenvalue weighted by atomic mass is 10.1. The van der Waals surface area contributed by atoms with Gasteiger partial charge in [0.25, 0.3) is 0 Å². The molecule has 1 rings (SSSR count). The van der Waals surface area contributed by atoms with E-state index in [-0.39, 0.29) is 16.6 Å². The number of hydrogen-bond donors (Lipinski definition) is 0. The molecule has 0 saturated carbocycles. The van der Waals surface area contributed by atoms with E-state index < -0.39 is 5.89 Å². The summed E-state index contributed by atoms with van der Waals surface area (Å²) in [5.41, 5.74) is 0.506. The minimum absolute atomic E-state index is 0.155. The lowest BCUT2D eigenvalue weighted by molar-refractivity contribution is 0.184. The van der Waals surface area contributed by atoms with Gasteiger partial charge in [0.1, 0.15) is 0 Å². The minimum Gasteiger partial charge on any atom is -0.373 e. The molecule has 0 unspecified atom stereocenters. The van der Waals surface area contributed by atoms with Crippen LogP contribution < -0.4 is 0 Å². The van der Waals surface area contributed by atoms with Crippen molar-refractivity contribution in [3.05, 3.63) is 12.4 Å². The summed E-state index contributed by atoms with van der Waals surface area (Å²) in [5.74, 6) is -1.84. The first kappa shape index (κ1) is 19.3. The number of nitrogens with zero attached hydrogens (tertiary/aromatic N) is 3. The summed E-state index contributed by atoms with van der Waals surface area (Å²) in [6, 6.07) is 0. The summed E-state index contributed by atoms with van der Waals surface area (Å²) < 4.78 is 5.27. The van der Waals surface area contributed by atoms with Crippen LogP contribution in [0.25, 0.3) is 0 Å². The van der Waals surface area contributed by atoms with Gasteiger partial charge >= 0.3 is 5.89 Å². The van der Waals surface area contributed by atoms with Crippen molar-refractivity contribution in [1.29, 1.82) is 0 Å². The van der Waals surface area contributed by atoms with Crippen molar-refractivity contribution in [3.8, 4) is 0 Å². The molecule has 0 radical (unpaired) electrons. The van der Waals surface area contributed by atoms with Crippen molar-refractivity contribution in [1.82, 2.24) is 14.0 Å². The molecule has 1 heterocycles. The summed E-state index contributed by atoms with van der Waals surface area (Å²) in [5, 5.41) is 0. The second kappa shape index (κ2) is 5.71. The highest BCUT2D eigenvalue weighted by Gasteiger charge is 2.53. The summed E-state index contributed by atoms with van der Waals surface area (Å²) in [4.78, 5) is 2.51. The largest absolute Gasteiger partial charge is 0.373 e. The van der Waals surface area contributed by atoms with Crippen LogP contribution in [0.1, 0.15) is 62.3 Å². The predicted molar refractivity (Wildman–Crippen MR) is 104 cm³/mol. The summed E-state index contributed by atoms with van der Waals surface area (Å²) in [6.45, 7) is 20.8. The Morgan fingerprint density at radius 1 is 0.857 bits per heavy atom. The second-order valence-electron chi connectivity index (χ2n) is 9.13. The average Bonchev–Trinajstić information content (AvgIpc) is 2.52. The van der Waals surface area contributed by atoms with E-state index in [1.54, 1.807) is 0 Å². The highest BCUT2D eigenvalue weighted by Crippen LogP contribution is 2.40. The topological polar surface area (TPSA) is 9.72 Å². The van der Waals surface area contributed by atoms with E-state index in [1.165, 1.54) is 0 Å². The van der Waals surface area contributed by atoms with Gasteiger partial charge < -0.3 is 9.13 Å². The molecule has 124 valence electrons. The molecule has 0 N–H and O–H groups in total. The fourth-order valence-electron chi connectivity index (χ4n) is 2.64. The molecular formula is C16H34IN3Si. The molecule has 0 fully saturated rings. The maximum atomic E-state index is 2.78. The lowest BCUT2D eigenvalue weighted by Crippen LogP contribution is -2.69. The third-order valence-electron chi connectivity index (χ3n) is 4.13. The van der Waals surface area contributed by atoms with Crippen molar-refractivity contribution in [2.45, 2.75) is 78.9 Å². The molecule has 0 aromatic heterocycles. The zero-order valence-corrected chi connectivity index (χ0v) is 18.7. The van der Waals surface area contributed by atoms with E-state index in [4.69, 9.17) is 0 Å². The van der Waals surface area contributed by atoms with Gasteiger partial charge in [-0.3, -0.25) is 4.90 Å². The Kier molecular flexibility index (Phi) is 5.24. The molecule has 0 bridgehead atoms. The van der Waals surface area contributed by atoms with Crippen LogP contribution in [0.3, 0.4) is 0 Å². The third kappa shape index (κ3) is 4.16. The quantitative estimate of drug-likeness (QED) is 0.372. The van der Waals surface area contributed by atoms with Crippen LogP contribution in [-0.2, 0) is 0 Å². The average molecular weight is 423 g/mol.